The van der Waals surface area contributed by atoms with Gasteiger partial charge in [-0.3, -0.25) is 9.59 Å². The number of allylic oxidation sites excluding steroid dienone is 2. The Bertz CT molecular complexity index is 669. The summed E-state index contributed by atoms with van der Waals surface area (Å²) in [6.07, 6.45) is 7.28. The van der Waals surface area contributed by atoms with Crippen molar-refractivity contribution in [1.82, 2.24) is 4.90 Å². The quantitative estimate of drug-likeness (QED) is 0.817. The van der Waals surface area contributed by atoms with E-state index in [1.165, 1.54) is 0 Å². The number of hydrogen-bond acceptors (Lipinski definition) is 2. The number of carbonyl (C=O) groups is 2. The summed E-state index contributed by atoms with van der Waals surface area (Å²) in [4.78, 5) is 27.3. The molecule has 1 aliphatic heterocycles. The first-order valence-electron chi connectivity index (χ1n) is 8.26. The van der Waals surface area contributed by atoms with Crippen molar-refractivity contribution in [3.05, 3.63) is 40.4 Å². The van der Waals surface area contributed by atoms with Gasteiger partial charge in [-0.1, -0.05) is 35.4 Å². The first kappa shape index (κ1) is 17.3. The van der Waals surface area contributed by atoms with E-state index in [0.717, 1.165) is 25.9 Å². The molecule has 0 bridgehead atoms. The normalized spacial score (nSPS) is 23.3. The number of nitrogens with zero attached hydrogens (tertiary/aromatic N) is 1. The van der Waals surface area contributed by atoms with Crippen LogP contribution >= 0.6 is 23.2 Å². The fourth-order valence-electron chi connectivity index (χ4n) is 3.36. The smallest absolute Gasteiger partial charge is 0.228 e. The van der Waals surface area contributed by atoms with Crippen molar-refractivity contribution in [2.45, 2.75) is 25.7 Å². The van der Waals surface area contributed by atoms with Crippen molar-refractivity contribution < 1.29 is 9.59 Å². The molecule has 2 unspecified atom stereocenters. The summed E-state index contributed by atoms with van der Waals surface area (Å²) in [6.45, 7) is 1.61. The van der Waals surface area contributed by atoms with E-state index >= 15 is 0 Å². The molecular formula is C18H20Cl2N2O2. The Balaban J connectivity index is 1.72. The lowest BCUT2D eigenvalue weighted by Gasteiger charge is -2.30. The zero-order chi connectivity index (χ0) is 17.1. The molecule has 128 valence electrons. The summed E-state index contributed by atoms with van der Waals surface area (Å²) in [5, 5.41) is 3.70. The van der Waals surface area contributed by atoms with Gasteiger partial charge in [-0.2, -0.15) is 0 Å². The van der Waals surface area contributed by atoms with Crippen LogP contribution in [0.2, 0.25) is 10.0 Å². The topological polar surface area (TPSA) is 49.4 Å². The standard InChI is InChI=1S/C18H20Cl2N2O2/c19-15-8-7-12(11-16(15)20)21-17(23)13-5-1-2-6-14(13)18(24)22-9-3-4-10-22/h1-2,7-8,11,13-14H,3-6,9-10H2,(H,21,23). The molecular weight excluding hydrogens is 347 g/mol. The van der Waals surface area contributed by atoms with E-state index in [9.17, 15) is 9.59 Å². The minimum Gasteiger partial charge on any atom is -0.342 e. The second-order valence-corrected chi connectivity index (χ2v) is 7.12. The zero-order valence-corrected chi connectivity index (χ0v) is 14.8. The number of halogens is 2. The minimum absolute atomic E-state index is 0.103. The first-order valence-corrected chi connectivity index (χ1v) is 9.01. The van der Waals surface area contributed by atoms with E-state index in [-0.39, 0.29) is 23.7 Å². The van der Waals surface area contributed by atoms with Crippen molar-refractivity contribution >= 4 is 40.7 Å². The molecule has 1 fully saturated rings. The summed E-state index contributed by atoms with van der Waals surface area (Å²) in [5.41, 5.74) is 0.594. The highest BCUT2D eigenvalue weighted by Gasteiger charge is 2.37. The van der Waals surface area contributed by atoms with Crippen molar-refractivity contribution in [2.75, 3.05) is 18.4 Å². The third kappa shape index (κ3) is 3.76. The Morgan fingerprint density at radius 3 is 2.33 bits per heavy atom. The van der Waals surface area contributed by atoms with Crippen LogP contribution in [-0.4, -0.2) is 29.8 Å². The SMILES string of the molecule is O=C(Nc1ccc(Cl)c(Cl)c1)C1CC=CCC1C(=O)N1CCCC1. The molecule has 0 aromatic heterocycles. The number of carbonyl (C=O) groups excluding carboxylic acids is 2. The molecule has 0 radical (unpaired) electrons. The predicted molar refractivity (Wildman–Crippen MR) is 96.3 cm³/mol. The molecule has 24 heavy (non-hydrogen) atoms. The van der Waals surface area contributed by atoms with Gasteiger partial charge in [-0.15, -0.1) is 0 Å². The predicted octanol–water partition coefficient (Wildman–Crippen LogP) is 4.14. The molecule has 2 aliphatic rings. The molecule has 1 aromatic rings. The Kier molecular flexibility index (Phi) is 5.47. The number of hydrogen-bond donors (Lipinski definition) is 1. The monoisotopic (exact) mass is 366 g/mol. The van der Waals surface area contributed by atoms with Gasteiger partial charge in [0.2, 0.25) is 11.8 Å². The number of rotatable bonds is 3. The van der Waals surface area contributed by atoms with Crippen molar-refractivity contribution in [3.8, 4) is 0 Å². The highest BCUT2D eigenvalue weighted by Crippen LogP contribution is 2.31. The number of anilines is 1. The van der Waals surface area contributed by atoms with Crippen LogP contribution in [0.1, 0.15) is 25.7 Å². The molecule has 2 atom stereocenters. The molecule has 1 aromatic carbocycles. The molecule has 3 rings (SSSR count). The third-order valence-electron chi connectivity index (χ3n) is 4.69. The van der Waals surface area contributed by atoms with Crippen LogP contribution in [0.4, 0.5) is 5.69 Å². The molecule has 2 amide bonds. The lowest BCUT2D eigenvalue weighted by Crippen LogP contribution is -2.42. The number of nitrogens with one attached hydrogen (secondary N) is 1. The average Bonchev–Trinajstić information content (AvgIpc) is 3.12. The average molecular weight is 367 g/mol. The summed E-state index contributed by atoms with van der Waals surface area (Å²) < 4.78 is 0. The number of benzene rings is 1. The molecule has 1 heterocycles. The Labute approximate surface area is 151 Å². The van der Waals surface area contributed by atoms with Crippen LogP contribution in [0.25, 0.3) is 0 Å². The van der Waals surface area contributed by atoms with Gasteiger partial charge in [0.1, 0.15) is 0 Å². The van der Waals surface area contributed by atoms with Gasteiger partial charge in [0.15, 0.2) is 0 Å². The molecule has 1 aliphatic carbocycles. The minimum atomic E-state index is -0.349. The van der Waals surface area contributed by atoms with E-state index < -0.39 is 0 Å². The lowest BCUT2D eigenvalue weighted by molar-refractivity contribution is -0.139. The highest BCUT2D eigenvalue weighted by molar-refractivity contribution is 6.42. The van der Waals surface area contributed by atoms with Crippen molar-refractivity contribution in [2.24, 2.45) is 11.8 Å². The summed E-state index contributed by atoms with van der Waals surface area (Å²) in [5.74, 6) is -0.671. The first-order chi connectivity index (χ1) is 11.6. The maximum atomic E-state index is 12.7. The fraction of sp³-hybridized carbons (Fsp3) is 0.444. The summed E-state index contributed by atoms with van der Waals surface area (Å²) >= 11 is 11.9. The third-order valence-corrected chi connectivity index (χ3v) is 5.43. The van der Waals surface area contributed by atoms with Gasteiger partial charge < -0.3 is 10.2 Å². The van der Waals surface area contributed by atoms with E-state index in [0.29, 0.717) is 28.6 Å². The van der Waals surface area contributed by atoms with E-state index in [1.807, 2.05) is 17.1 Å². The van der Waals surface area contributed by atoms with Crippen LogP contribution in [-0.2, 0) is 9.59 Å². The lowest BCUT2D eigenvalue weighted by atomic mass is 9.81. The Hall–Kier alpha value is -1.52. The number of likely N-dealkylation sites (tertiary alicyclic amines) is 1. The van der Waals surface area contributed by atoms with Crippen molar-refractivity contribution in [3.63, 3.8) is 0 Å². The summed E-state index contributed by atoms with van der Waals surface area (Å²) in [7, 11) is 0. The van der Waals surface area contributed by atoms with Crippen LogP contribution in [0, 0.1) is 11.8 Å². The van der Waals surface area contributed by atoms with Crippen LogP contribution in [0.15, 0.2) is 30.4 Å². The largest absolute Gasteiger partial charge is 0.342 e. The highest BCUT2D eigenvalue weighted by atomic mass is 35.5. The van der Waals surface area contributed by atoms with Gasteiger partial charge in [0.05, 0.1) is 21.9 Å². The molecule has 0 saturated carbocycles. The van der Waals surface area contributed by atoms with E-state index in [1.54, 1.807) is 18.2 Å². The second kappa shape index (κ2) is 7.58. The van der Waals surface area contributed by atoms with Crippen molar-refractivity contribution in [1.29, 1.82) is 0 Å². The van der Waals surface area contributed by atoms with Gasteiger partial charge in [0.25, 0.3) is 0 Å². The second-order valence-electron chi connectivity index (χ2n) is 6.31. The maximum absolute atomic E-state index is 12.7. The summed E-state index contributed by atoms with van der Waals surface area (Å²) in [6, 6.07) is 4.98. The van der Waals surface area contributed by atoms with Crippen LogP contribution < -0.4 is 5.32 Å². The maximum Gasteiger partial charge on any atom is 0.228 e. The number of amides is 2. The Morgan fingerprint density at radius 1 is 1.00 bits per heavy atom. The molecule has 4 nitrogen and oxygen atoms in total. The van der Waals surface area contributed by atoms with Gasteiger partial charge in [-0.25, -0.2) is 0 Å². The van der Waals surface area contributed by atoms with E-state index in [2.05, 4.69) is 5.32 Å². The molecule has 1 N–H and O–H groups in total. The van der Waals surface area contributed by atoms with Crippen LogP contribution in [0.3, 0.4) is 0 Å². The zero-order valence-electron chi connectivity index (χ0n) is 13.3. The van der Waals surface area contributed by atoms with Gasteiger partial charge in [-0.05, 0) is 43.9 Å². The molecule has 6 heteroatoms. The Morgan fingerprint density at radius 2 is 1.67 bits per heavy atom. The van der Waals surface area contributed by atoms with Gasteiger partial charge >= 0.3 is 0 Å². The fourth-order valence-corrected chi connectivity index (χ4v) is 3.66. The van der Waals surface area contributed by atoms with Crippen LogP contribution in [0.5, 0.6) is 0 Å². The van der Waals surface area contributed by atoms with E-state index in [4.69, 9.17) is 23.2 Å². The van der Waals surface area contributed by atoms with Gasteiger partial charge in [0, 0.05) is 18.8 Å². The molecule has 0 spiro atoms. The molecule has 1 saturated heterocycles.